The molecule has 0 spiro atoms. The van der Waals surface area contributed by atoms with Gasteiger partial charge >= 0.3 is 0 Å². The van der Waals surface area contributed by atoms with Gasteiger partial charge in [0, 0.05) is 16.6 Å². The van der Waals surface area contributed by atoms with Crippen molar-refractivity contribution < 1.29 is 9.18 Å². The SMILES string of the molecule is Cc1nc2ccc(F)cc2c(C(=O)NC(C)N)c1-c1ccccc1. The van der Waals surface area contributed by atoms with Gasteiger partial charge in [-0.2, -0.15) is 0 Å². The number of nitrogens with one attached hydrogen (secondary N) is 1. The summed E-state index contributed by atoms with van der Waals surface area (Å²) in [7, 11) is 0. The van der Waals surface area contributed by atoms with Crippen molar-refractivity contribution in [2.45, 2.75) is 20.0 Å². The molecule has 3 aromatic rings. The van der Waals surface area contributed by atoms with Crippen LogP contribution in [0, 0.1) is 12.7 Å². The molecule has 0 saturated carbocycles. The molecule has 1 heterocycles. The average Bonchev–Trinajstić information content (AvgIpc) is 2.54. The molecular formula is C19H18FN3O. The number of nitrogens with two attached hydrogens (primary N) is 1. The third-order valence-corrected chi connectivity index (χ3v) is 3.78. The summed E-state index contributed by atoms with van der Waals surface area (Å²) in [6.07, 6.45) is -0.516. The highest BCUT2D eigenvalue weighted by molar-refractivity contribution is 6.12. The number of aromatic nitrogens is 1. The van der Waals surface area contributed by atoms with E-state index in [1.165, 1.54) is 12.1 Å². The first-order chi connectivity index (χ1) is 11.5. The van der Waals surface area contributed by atoms with Crippen molar-refractivity contribution in [3.05, 3.63) is 65.6 Å². The highest BCUT2D eigenvalue weighted by atomic mass is 19.1. The van der Waals surface area contributed by atoms with E-state index in [1.807, 2.05) is 37.3 Å². The molecule has 1 atom stereocenters. The minimum absolute atomic E-state index is 0.343. The Morgan fingerprint density at radius 1 is 1.21 bits per heavy atom. The second kappa shape index (κ2) is 6.37. The summed E-state index contributed by atoms with van der Waals surface area (Å²) >= 11 is 0. The van der Waals surface area contributed by atoms with Crippen LogP contribution < -0.4 is 11.1 Å². The molecule has 0 fully saturated rings. The van der Waals surface area contributed by atoms with Gasteiger partial charge in [-0.05, 0) is 37.6 Å². The first kappa shape index (κ1) is 16.1. The number of pyridine rings is 1. The number of hydrogen-bond donors (Lipinski definition) is 2. The second-order valence-corrected chi connectivity index (χ2v) is 5.74. The Hall–Kier alpha value is -2.79. The predicted molar refractivity (Wildman–Crippen MR) is 93.0 cm³/mol. The van der Waals surface area contributed by atoms with E-state index in [-0.39, 0.29) is 5.91 Å². The number of nitrogens with zero attached hydrogens (tertiary/aromatic N) is 1. The summed E-state index contributed by atoms with van der Waals surface area (Å²) < 4.78 is 13.8. The van der Waals surface area contributed by atoms with Crippen LogP contribution in [0.25, 0.3) is 22.0 Å². The van der Waals surface area contributed by atoms with Crippen molar-refractivity contribution in [1.29, 1.82) is 0 Å². The molecule has 2 aromatic carbocycles. The Labute approximate surface area is 139 Å². The lowest BCUT2D eigenvalue weighted by molar-refractivity contribution is 0.0943. The summed E-state index contributed by atoms with van der Waals surface area (Å²) in [5, 5.41) is 3.17. The van der Waals surface area contributed by atoms with Crippen molar-refractivity contribution in [3.63, 3.8) is 0 Å². The van der Waals surface area contributed by atoms with Gasteiger partial charge in [-0.3, -0.25) is 9.78 Å². The fourth-order valence-corrected chi connectivity index (χ4v) is 2.83. The van der Waals surface area contributed by atoms with E-state index in [9.17, 15) is 9.18 Å². The van der Waals surface area contributed by atoms with Crippen LogP contribution in [0.15, 0.2) is 48.5 Å². The van der Waals surface area contributed by atoms with Crippen molar-refractivity contribution in [1.82, 2.24) is 10.3 Å². The maximum Gasteiger partial charge on any atom is 0.253 e. The van der Waals surface area contributed by atoms with E-state index in [2.05, 4.69) is 10.3 Å². The number of aryl methyl sites for hydroxylation is 1. The van der Waals surface area contributed by atoms with Crippen LogP contribution in [0.1, 0.15) is 23.0 Å². The van der Waals surface area contributed by atoms with E-state index in [0.29, 0.717) is 27.7 Å². The molecule has 3 N–H and O–H groups in total. The molecule has 122 valence electrons. The first-order valence-electron chi connectivity index (χ1n) is 7.69. The molecule has 0 aliphatic heterocycles. The molecule has 24 heavy (non-hydrogen) atoms. The first-order valence-corrected chi connectivity index (χ1v) is 7.69. The molecule has 3 rings (SSSR count). The highest BCUT2D eigenvalue weighted by Gasteiger charge is 2.21. The molecule has 0 radical (unpaired) electrons. The molecule has 0 bridgehead atoms. The molecule has 1 amide bonds. The lowest BCUT2D eigenvalue weighted by Crippen LogP contribution is -2.39. The topological polar surface area (TPSA) is 68.0 Å². The van der Waals surface area contributed by atoms with Crippen LogP contribution in [0.5, 0.6) is 0 Å². The zero-order valence-corrected chi connectivity index (χ0v) is 13.5. The molecule has 5 heteroatoms. The van der Waals surface area contributed by atoms with Gasteiger partial charge in [0.25, 0.3) is 5.91 Å². The Morgan fingerprint density at radius 2 is 1.92 bits per heavy atom. The van der Waals surface area contributed by atoms with Crippen LogP contribution in [-0.4, -0.2) is 17.1 Å². The quantitative estimate of drug-likeness (QED) is 0.726. The Balaban J connectivity index is 2.37. The summed E-state index contributed by atoms with van der Waals surface area (Å²) in [6.45, 7) is 3.52. The number of carbonyl (C=O) groups is 1. The monoisotopic (exact) mass is 323 g/mol. The van der Waals surface area contributed by atoms with Crippen LogP contribution in [0.2, 0.25) is 0 Å². The van der Waals surface area contributed by atoms with E-state index >= 15 is 0 Å². The van der Waals surface area contributed by atoms with Gasteiger partial charge in [0.1, 0.15) is 5.82 Å². The van der Waals surface area contributed by atoms with Crippen molar-refractivity contribution >= 4 is 16.8 Å². The fourth-order valence-electron chi connectivity index (χ4n) is 2.83. The highest BCUT2D eigenvalue weighted by Crippen LogP contribution is 2.32. The van der Waals surface area contributed by atoms with E-state index in [0.717, 1.165) is 5.56 Å². The molecule has 4 nitrogen and oxygen atoms in total. The third kappa shape index (κ3) is 2.98. The molecule has 1 unspecified atom stereocenters. The largest absolute Gasteiger partial charge is 0.337 e. The third-order valence-electron chi connectivity index (χ3n) is 3.78. The summed E-state index contributed by atoms with van der Waals surface area (Å²) in [6, 6.07) is 13.7. The number of rotatable bonds is 3. The predicted octanol–water partition coefficient (Wildman–Crippen LogP) is 3.38. The smallest absolute Gasteiger partial charge is 0.253 e. The van der Waals surface area contributed by atoms with Gasteiger partial charge in [0.05, 0.1) is 17.2 Å². The van der Waals surface area contributed by atoms with Gasteiger partial charge in [-0.1, -0.05) is 30.3 Å². The van der Waals surface area contributed by atoms with Gasteiger partial charge in [-0.25, -0.2) is 4.39 Å². The van der Waals surface area contributed by atoms with Gasteiger partial charge < -0.3 is 11.1 Å². The number of fused-ring (bicyclic) bond motifs is 1. The maximum absolute atomic E-state index is 13.8. The zero-order valence-electron chi connectivity index (χ0n) is 13.5. The van der Waals surface area contributed by atoms with Crippen molar-refractivity contribution in [2.75, 3.05) is 0 Å². The number of carbonyl (C=O) groups excluding carboxylic acids is 1. The van der Waals surface area contributed by atoms with Crippen LogP contribution >= 0.6 is 0 Å². The minimum atomic E-state index is -0.516. The molecule has 1 aromatic heterocycles. The van der Waals surface area contributed by atoms with Gasteiger partial charge in [0.2, 0.25) is 0 Å². The fraction of sp³-hybridized carbons (Fsp3) is 0.158. The summed E-state index contributed by atoms with van der Waals surface area (Å²) in [5.74, 6) is -0.757. The summed E-state index contributed by atoms with van der Waals surface area (Å²) in [5.41, 5.74) is 8.91. The number of amides is 1. The van der Waals surface area contributed by atoms with Crippen LogP contribution in [-0.2, 0) is 0 Å². The molecule has 0 saturated heterocycles. The maximum atomic E-state index is 13.8. The van der Waals surface area contributed by atoms with E-state index in [4.69, 9.17) is 5.73 Å². The number of hydrogen-bond acceptors (Lipinski definition) is 3. The standard InChI is InChI=1S/C19H18FN3O/c1-11-17(13-6-4-3-5-7-13)18(19(24)23-12(2)21)15-10-14(20)8-9-16(15)22-11/h3-10,12H,21H2,1-2H3,(H,23,24). The van der Waals surface area contributed by atoms with Gasteiger partial charge in [-0.15, -0.1) is 0 Å². The van der Waals surface area contributed by atoms with E-state index < -0.39 is 12.0 Å². The Bertz CT molecular complexity index is 907. The number of halogens is 1. The Morgan fingerprint density at radius 3 is 2.58 bits per heavy atom. The average molecular weight is 323 g/mol. The van der Waals surface area contributed by atoms with Crippen LogP contribution in [0.4, 0.5) is 4.39 Å². The van der Waals surface area contributed by atoms with Crippen LogP contribution in [0.3, 0.4) is 0 Å². The van der Waals surface area contributed by atoms with E-state index in [1.54, 1.807) is 13.0 Å². The zero-order chi connectivity index (χ0) is 17.3. The van der Waals surface area contributed by atoms with Gasteiger partial charge in [0.15, 0.2) is 0 Å². The molecular weight excluding hydrogens is 305 g/mol. The van der Waals surface area contributed by atoms with Crippen molar-refractivity contribution in [2.24, 2.45) is 5.73 Å². The molecule has 0 aliphatic carbocycles. The summed E-state index contributed by atoms with van der Waals surface area (Å²) in [4.78, 5) is 17.3. The second-order valence-electron chi connectivity index (χ2n) is 5.74. The van der Waals surface area contributed by atoms with Crippen molar-refractivity contribution in [3.8, 4) is 11.1 Å². The number of benzene rings is 2. The lowest BCUT2D eigenvalue weighted by atomic mass is 9.94. The lowest BCUT2D eigenvalue weighted by Gasteiger charge is -2.17. The Kier molecular flexibility index (Phi) is 4.27. The molecule has 0 aliphatic rings. The minimum Gasteiger partial charge on any atom is -0.337 e. The normalized spacial score (nSPS) is 12.2.